The van der Waals surface area contributed by atoms with Crippen LogP contribution in [0.1, 0.15) is 40.5 Å². The molecule has 2 heteroatoms. The highest BCUT2D eigenvalue weighted by Crippen LogP contribution is 2.20. The number of piperidine rings is 1. The number of carbonyl (C=O) groups is 1. The highest BCUT2D eigenvalue weighted by molar-refractivity contribution is 5.82. The molecule has 1 aliphatic heterocycles. The molecule has 0 bridgehead atoms. The summed E-state index contributed by atoms with van der Waals surface area (Å²) in [6, 6.07) is 0.608. The minimum absolute atomic E-state index is 0.296. The van der Waals surface area contributed by atoms with E-state index in [0.29, 0.717) is 23.7 Å². The second-order valence-corrected chi connectivity index (χ2v) is 4.80. The lowest BCUT2D eigenvalue weighted by molar-refractivity contribution is -0.127. The SMILES string of the molecule is CCC1CN(C(C)C(C)C)CCC1=O. The summed E-state index contributed by atoms with van der Waals surface area (Å²) in [5, 5.41) is 0. The third kappa shape index (κ3) is 2.57. The predicted molar refractivity (Wildman–Crippen MR) is 59.3 cm³/mol. The maximum absolute atomic E-state index is 11.5. The first-order valence-electron chi connectivity index (χ1n) is 5.83. The van der Waals surface area contributed by atoms with Crippen LogP contribution in [0.2, 0.25) is 0 Å². The largest absolute Gasteiger partial charge is 0.299 e. The molecule has 0 spiro atoms. The summed E-state index contributed by atoms with van der Waals surface area (Å²) in [4.78, 5) is 14.0. The van der Waals surface area contributed by atoms with Gasteiger partial charge in [-0.1, -0.05) is 20.8 Å². The van der Waals surface area contributed by atoms with Crippen LogP contribution in [0.3, 0.4) is 0 Å². The van der Waals surface area contributed by atoms with Gasteiger partial charge in [-0.05, 0) is 19.3 Å². The first-order valence-corrected chi connectivity index (χ1v) is 5.83. The van der Waals surface area contributed by atoms with E-state index in [1.807, 2.05) is 0 Å². The van der Waals surface area contributed by atoms with Gasteiger partial charge in [0.15, 0.2) is 0 Å². The topological polar surface area (TPSA) is 20.3 Å². The molecule has 1 heterocycles. The Balaban J connectivity index is 2.54. The van der Waals surface area contributed by atoms with Crippen molar-refractivity contribution in [1.82, 2.24) is 4.90 Å². The molecule has 0 aromatic carbocycles. The molecule has 2 atom stereocenters. The third-order valence-electron chi connectivity index (χ3n) is 3.59. The number of Topliss-reactive ketones (excluding diaryl/α,β-unsaturated/α-hetero) is 1. The average molecular weight is 197 g/mol. The summed E-state index contributed by atoms with van der Waals surface area (Å²) in [5.41, 5.74) is 0. The van der Waals surface area contributed by atoms with Crippen molar-refractivity contribution in [2.24, 2.45) is 11.8 Å². The smallest absolute Gasteiger partial charge is 0.138 e. The number of hydrogen-bond acceptors (Lipinski definition) is 2. The van der Waals surface area contributed by atoms with Crippen LogP contribution in [-0.2, 0) is 4.79 Å². The molecule has 2 nitrogen and oxygen atoms in total. The monoisotopic (exact) mass is 197 g/mol. The van der Waals surface area contributed by atoms with Crippen molar-refractivity contribution < 1.29 is 4.79 Å². The second kappa shape index (κ2) is 4.92. The summed E-state index contributed by atoms with van der Waals surface area (Å²) in [6.45, 7) is 10.8. The molecule has 1 fully saturated rings. The first kappa shape index (κ1) is 11.7. The van der Waals surface area contributed by atoms with Gasteiger partial charge < -0.3 is 0 Å². The zero-order valence-corrected chi connectivity index (χ0v) is 9.92. The predicted octanol–water partition coefficient (Wildman–Crippen LogP) is 2.33. The lowest BCUT2D eigenvalue weighted by Crippen LogP contribution is -2.46. The van der Waals surface area contributed by atoms with Crippen LogP contribution in [0.15, 0.2) is 0 Å². The van der Waals surface area contributed by atoms with E-state index in [4.69, 9.17) is 0 Å². The molecule has 1 rings (SSSR count). The molecule has 1 aliphatic rings. The van der Waals surface area contributed by atoms with Crippen LogP contribution in [0.5, 0.6) is 0 Å². The fourth-order valence-corrected chi connectivity index (χ4v) is 2.08. The molecule has 0 radical (unpaired) electrons. The van der Waals surface area contributed by atoms with E-state index in [-0.39, 0.29) is 0 Å². The van der Waals surface area contributed by atoms with E-state index >= 15 is 0 Å². The molecule has 0 saturated carbocycles. The van der Waals surface area contributed by atoms with Crippen molar-refractivity contribution in [3.63, 3.8) is 0 Å². The van der Waals surface area contributed by atoms with Crippen LogP contribution in [0.4, 0.5) is 0 Å². The van der Waals surface area contributed by atoms with E-state index in [0.717, 1.165) is 25.9 Å². The molecule has 2 unspecified atom stereocenters. The average Bonchev–Trinajstić information content (AvgIpc) is 2.17. The zero-order chi connectivity index (χ0) is 10.7. The van der Waals surface area contributed by atoms with Crippen LogP contribution in [0, 0.1) is 11.8 Å². The van der Waals surface area contributed by atoms with Crippen LogP contribution >= 0.6 is 0 Å². The Labute approximate surface area is 87.7 Å². The van der Waals surface area contributed by atoms with Crippen molar-refractivity contribution in [3.05, 3.63) is 0 Å². The maximum atomic E-state index is 11.5. The second-order valence-electron chi connectivity index (χ2n) is 4.80. The quantitative estimate of drug-likeness (QED) is 0.692. The fourth-order valence-electron chi connectivity index (χ4n) is 2.08. The molecule has 1 saturated heterocycles. The van der Waals surface area contributed by atoms with E-state index < -0.39 is 0 Å². The Morgan fingerprint density at radius 3 is 2.57 bits per heavy atom. The van der Waals surface area contributed by atoms with E-state index in [2.05, 4.69) is 32.6 Å². The summed E-state index contributed by atoms with van der Waals surface area (Å²) in [5.74, 6) is 1.45. The van der Waals surface area contributed by atoms with E-state index in [9.17, 15) is 4.79 Å². The van der Waals surface area contributed by atoms with Crippen molar-refractivity contribution in [2.75, 3.05) is 13.1 Å². The van der Waals surface area contributed by atoms with Gasteiger partial charge in [0.05, 0.1) is 0 Å². The van der Waals surface area contributed by atoms with Crippen LogP contribution in [0.25, 0.3) is 0 Å². The van der Waals surface area contributed by atoms with Gasteiger partial charge in [0.2, 0.25) is 0 Å². The van der Waals surface area contributed by atoms with Gasteiger partial charge in [0.1, 0.15) is 5.78 Å². The summed E-state index contributed by atoms with van der Waals surface area (Å²) < 4.78 is 0. The normalized spacial score (nSPS) is 26.9. The minimum atomic E-state index is 0.296. The molecule has 14 heavy (non-hydrogen) atoms. The van der Waals surface area contributed by atoms with Gasteiger partial charge in [-0.15, -0.1) is 0 Å². The lowest BCUT2D eigenvalue weighted by atomic mass is 9.91. The Morgan fingerprint density at radius 2 is 2.07 bits per heavy atom. The number of hydrogen-bond donors (Lipinski definition) is 0. The summed E-state index contributed by atoms with van der Waals surface area (Å²) in [7, 11) is 0. The number of likely N-dealkylation sites (tertiary alicyclic amines) is 1. The molecule has 82 valence electrons. The number of nitrogens with zero attached hydrogens (tertiary/aromatic N) is 1. The number of ketones is 1. The van der Waals surface area contributed by atoms with E-state index in [1.165, 1.54) is 0 Å². The Morgan fingerprint density at radius 1 is 1.43 bits per heavy atom. The lowest BCUT2D eigenvalue weighted by Gasteiger charge is -2.37. The highest BCUT2D eigenvalue weighted by Gasteiger charge is 2.28. The van der Waals surface area contributed by atoms with Crippen LogP contribution < -0.4 is 0 Å². The molecule has 0 aromatic rings. The standard InChI is InChI=1S/C12H23NO/c1-5-11-8-13(7-6-12(11)14)10(4)9(2)3/h9-11H,5-8H2,1-4H3. The van der Waals surface area contributed by atoms with Gasteiger partial charge in [-0.3, -0.25) is 9.69 Å². The number of carbonyl (C=O) groups excluding carboxylic acids is 1. The first-order chi connectivity index (χ1) is 6.56. The van der Waals surface area contributed by atoms with Crippen molar-refractivity contribution >= 4 is 5.78 Å². The van der Waals surface area contributed by atoms with Gasteiger partial charge in [0, 0.05) is 31.5 Å². The summed E-state index contributed by atoms with van der Waals surface area (Å²) in [6.07, 6.45) is 1.76. The zero-order valence-electron chi connectivity index (χ0n) is 9.92. The molecule has 0 N–H and O–H groups in total. The molecule has 0 aliphatic carbocycles. The molecule has 0 amide bonds. The highest BCUT2D eigenvalue weighted by atomic mass is 16.1. The Kier molecular flexibility index (Phi) is 4.11. The minimum Gasteiger partial charge on any atom is -0.299 e. The van der Waals surface area contributed by atoms with Crippen molar-refractivity contribution in [1.29, 1.82) is 0 Å². The molecule has 0 aromatic heterocycles. The van der Waals surface area contributed by atoms with Gasteiger partial charge in [-0.2, -0.15) is 0 Å². The van der Waals surface area contributed by atoms with Crippen LogP contribution in [-0.4, -0.2) is 29.8 Å². The van der Waals surface area contributed by atoms with Crippen molar-refractivity contribution in [2.45, 2.75) is 46.6 Å². The Bertz CT molecular complexity index is 200. The van der Waals surface area contributed by atoms with Gasteiger partial charge >= 0.3 is 0 Å². The molecular formula is C12H23NO. The van der Waals surface area contributed by atoms with E-state index in [1.54, 1.807) is 0 Å². The fraction of sp³-hybridized carbons (Fsp3) is 0.917. The Hall–Kier alpha value is -0.370. The summed E-state index contributed by atoms with van der Waals surface area (Å²) >= 11 is 0. The van der Waals surface area contributed by atoms with Gasteiger partial charge in [0.25, 0.3) is 0 Å². The number of rotatable bonds is 3. The third-order valence-corrected chi connectivity index (χ3v) is 3.59. The van der Waals surface area contributed by atoms with Crippen molar-refractivity contribution in [3.8, 4) is 0 Å². The van der Waals surface area contributed by atoms with Gasteiger partial charge in [-0.25, -0.2) is 0 Å². The maximum Gasteiger partial charge on any atom is 0.138 e. The molecular weight excluding hydrogens is 174 g/mol.